The molecule has 0 radical (unpaired) electrons. The molecule has 0 aliphatic carbocycles. The van der Waals surface area contributed by atoms with Crippen molar-refractivity contribution in [2.45, 2.75) is 24.1 Å². The third-order valence-corrected chi connectivity index (χ3v) is 5.39. The van der Waals surface area contributed by atoms with Gasteiger partial charge in [0.15, 0.2) is 0 Å². The Morgan fingerprint density at radius 3 is 2.57 bits per heavy atom. The molecule has 0 spiro atoms. The van der Waals surface area contributed by atoms with Crippen LogP contribution in [0.1, 0.15) is 12.5 Å². The van der Waals surface area contributed by atoms with Crippen molar-refractivity contribution in [2.75, 3.05) is 5.32 Å². The number of nitrogens with zero attached hydrogens (tertiary/aromatic N) is 2. The number of benzene rings is 2. The van der Waals surface area contributed by atoms with Crippen LogP contribution in [0.15, 0.2) is 64.4 Å². The van der Waals surface area contributed by atoms with Gasteiger partial charge in [0.05, 0.1) is 10.9 Å². The zero-order valence-electron chi connectivity index (χ0n) is 15.1. The number of thioether (sulfide) groups is 1. The fourth-order valence-electron chi connectivity index (χ4n) is 2.37. The summed E-state index contributed by atoms with van der Waals surface area (Å²) >= 11 is 7.35. The maximum atomic E-state index is 13.0. The average molecular weight is 418 g/mol. The summed E-state index contributed by atoms with van der Waals surface area (Å²) in [5.41, 5.74) is 1.65. The quantitative estimate of drug-likeness (QED) is 0.623. The topological polar surface area (TPSA) is 64.0 Å². The van der Waals surface area contributed by atoms with E-state index in [1.165, 1.54) is 46.8 Å². The molecule has 1 atom stereocenters. The molecule has 1 amide bonds. The Bertz CT molecular complexity index is 1070. The smallest absolute Gasteiger partial charge is 0.271 e. The highest BCUT2D eigenvalue weighted by molar-refractivity contribution is 8.00. The van der Waals surface area contributed by atoms with Gasteiger partial charge in [-0.25, -0.2) is 4.39 Å². The second-order valence-electron chi connectivity index (χ2n) is 6.11. The fraction of sp³-hybridized carbons (Fsp3) is 0.150. The number of hydrogen-bond donors (Lipinski definition) is 1. The number of amides is 1. The van der Waals surface area contributed by atoms with Gasteiger partial charge in [0.25, 0.3) is 5.56 Å². The van der Waals surface area contributed by atoms with Gasteiger partial charge in [0.1, 0.15) is 10.8 Å². The van der Waals surface area contributed by atoms with Crippen LogP contribution < -0.4 is 10.9 Å². The lowest BCUT2D eigenvalue weighted by atomic mass is 10.2. The van der Waals surface area contributed by atoms with Gasteiger partial charge < -0.3 is 5.32 Å². The minimum Gasteiger partial charge on any atom is -0.325 e. The van der Waals surface area contributed by atoms with Crippen molar-refractivity contribution in [3.8, 4) is 5.69 Å². The summed E-state index contributed by atoms with van der Waals surface area (Å²) in [6, 6.07) is 13.7. The first-order valence-corrected chi connectivity index (χ1v) is 9.69. The molecule has 1 heterocycles. The van der Waals surface area contributed by atoms with Crippen molar-refractivity contribution in [1.82, 2.24) is 9.78 Å². The summed E-state index contributed by atoms with van der Waals surface area (Å²) in [4.78, 5) is 24.6. The molecule has 28 heavy (non-hydrogen) atoms. The summed E-state index contributed by atoms with van der Waals surface area (Å²) in [5, 5.41) is 7.62. The Hall–Kier alpha value is -2.64. The van der Waals surface area contributed by atoms with Crippen LogP contribution in [0.2, 0.25) is 5.02 Å². The maximum absolute atomic E-state index is 13.0. The summed E-state index contributed by atoms with van der Waals surface area (Å²) in [5.74, 6) is -0.627. The molecule has 0 saturated heterocycles. The Kier molecular flexibility index (Phi) is 6.16. The van der Waals surface area contributed by atoms with Crippen molar-refractivity contribution in [1.29, 1.82) is 0 Å². The van der Waals surface area contributed by atoms with Gasteiger partial charge in [-0.15, -0.1) is 0 Å². The highest BCUT2D eigenvalue weighted by Crippen LogP contribution is 2.23. The molecule has 3 aromatic rings. The summed E-state index contributed by atoms with van der Waals surface area (Å²) in [6.07, 6.45) is 0. The van der Waals surface area contributed by atoms with Crippen molar-refractivity contribution >= 4 is 35.0 Å². The lowest BCUT2D eigenvalue weighted by Crippen LogP contribution is -2.24. The van der Waals surface area contributed by atoms with Gasteiger partial charge in [0.2, 0.25) is 5.91 Å². The second-order valence-corrected chi connectivity index (χ2v) is 7.88. The van der Waals surface area contributed by atoms with Gasteiger partial charge in [-0.2, -0.15) is 9.78 Å². The third-order valence-electron chi connectivity index (χ3n) is 3.95. The van der Waals surface area contributed by atoms with Crippen LogP contribution in [0.25, 0.3) is 5.69 Å². The molecule has 144 valence electrons. The van der Waals surface area contributed by atoms with E-state index in [-0.39, 0.29) is 17.3 Å². The monoisotopic (exact) mass is 417 g/mol. The standard InChI is InChI=1S/C20H17ClFN3O2S/c1-12-3-8-16(11-17(12)21)25-19(26)10-9-18(24-25)28-13(2)20(27)23-15-6-4-14(22)5-7-15/h3-11,13H,1-2H3,(H,23,27)/t13-/m0/s1. The molecule has 5 nitrogen and oxygen atoms in total. The van der Waals surface area contributed by atoms with Gasteiger partial charge >= 0.3 is 0 Å². The summed E-state index contributed by atoms with van der Waals surface area (Å²) in [7, 11) is 0. The lowest BCUT2D eigenvalue weighted by molar-refractivity contribution is -0.115. The minimum atomic E-state index is -0.481. The largest absolute Gasteiger partial charge is 0.325 e. The number of nitrogens with one attached hydrogen (secondary N) is 1. The lowest BCUT2D eigenvalue weighted by Gasteiger charge is -2.13. The molecule has 0 fully saturated rings. The minimum absolute atomic E-state index is 0.255. The van der Waals surface area contributed by atoms with Gasteiger partial charge in [0, 0.05) is 16.8 Å². The van der Waals surface area contributed by atoms with E-state index in [1.807, 2.05) is 13.0 Å². The van der Waals surface area contributed by atoms with E-state index in [0.717, 1.165) is 5.56 Å². The molecular formula is C20H17ClFN3O2S. The molecule has 0 aliphatic heterocycles. The summed E-state index contributed by atoms with van der Waals surface area (Å²) < 4.78 is 14.2. The van der Waals surface area contributed by atoms with E-state index in [0.29, 0.717) is 21.4 Å². The first-order valence-electron chi connectivity index (χ1n) is 8.43. The van der Waals surface area contributed by atoms with Crippen LogP contribution in [-0.2, 0) is 4.79 Å². The SMILES string of the molecule is Cc1ccc(-n2nc(S[C@@H](C)C(=O)Nc3ccc(F)cc3)ccc2=O)cc1Cl. The second kappa shape index (κ2) is 8.58. The number of halogens is 2. The van der Waals surface area contributed by atoms with E-state index in [9.17, 15) is 14.0 Å². The van der Waals surface area contributed by atoms with Crippen LogP contribution in [0, 0.1) is 12.7 Å². The van der Waals surface area contributed by atoms with Crippen molar-refractivity contribution < 1.29 is 9.18 Å². The third kappa shape index (κ3) is 4.79. The van der Waals surface area contributed by atoms with Crippen LogP contribution >= 0.6 is 23.4 Å². The van der Waals surface area contributed by atoms with Crippen LogP contribution in [0.4, 0.5) is 10.1 Å². The molecule has 0 bridgehead atoms. The summed E-state index contributed by atoms with van der Waals surface area (Å²) in [6.45, 7) is 3.60. The Morgan fingerprint density at radius 2 is 1.89 bits per heavy atom. The van der Waals surface area contributed by atoms with Crippen molar-refractivity contribution in [2.24, 2.45) is 0 Å². The fourth-order valence-corrected chi connectivity index (χ4v) is 3.35. The molecule has 3 rings (SSSR count). The number of hydrogen-bond acceptors (Lipinski definition) is 4. The van der Waals surface area contributed by atoms with Crippen LogP contribution in [0.5, 0.6) is 0 Å². The zero-order chi connectivity index (χ0) is 20.3. The van der Waals surface area contributed by atoms with E-state index in [2.05, 4.69) is 10.4 Å². The van der Waals surface area contributed by atoms with E-state index < -0.39 is 5.25 Å². The molecule has 0 unspecified atom stereocenters. The average Bonchev–Trinajstić information content (AvgIpc) is 2.67. The first kappa shape index (κ1) is 20.1. The Labute approximate surface area is 170 Å². The van der Waals surface area contributed by atoms with Crippen molar-refractivity contribution in [3.05, 3.63) is 81.4 Å². The number of rotatable bonds is 5. The molecule has 8 heteroatoms. The normalized spacial score (nSPS) is 11.9. The molecule has 1 aromatic heterocycles. The van der Waals surface area contributed by atoms with Crippen LogP contribution in [0.3, 0.4) is 0 Å². The number of anilines is 1. The van der Waals surface area contributed by atoms with Crippen molar-refractivity contribution in [3.63, 3.8) is 0 Å². The van der Waals surface area contributed by atoms with Gasteiger partial charge in [-0.3, -0.25) is 9.59 Å². The van der Waals surface area contributed by atoms with E-state index in [4.69, 9.17) is 11.6 Å². The molecule has 1 N–H and O–H groups in total. The van der Waals surface area contributed by atoms with E-state index >= 15 is 0 Å². The number of aryl methyl sites for hydroxylation is 1. The molecule has 0 saturated carbocycles. The molecule has 2 aromatic carbocycles. The Balaban J connectivity index is 1.76. The highest BCUT2D eigenvalue weighted by atomic mass is 35.5. The van der Waals surface area contributed by atoms with Gasteiger partial charge in [-0.1, -0.05) is 29.4 Å². The zero-order valence-corrected chi connectivity index (χ0v) is 16.7. The molecular weight excluding hydrogens is 401 g/mol. The van der Waals surface area contributed by atoms with E-state index in [1.54, 1.807) is 25.1 Å². The number of carbonyl (C=O) groups is 1. The maximum Gasteiger partial charge on any atom is 0.271 e. The van der Waals surface area contributed by atoms with Crippen LogP contribution in [-0.4, -0.2) is 20.9 Å². The first-order chi connectivity index (χ1) is 13.3. The Morgan fingerprint density at radius 1 is 1.18 bits per heavy atom. The molecule has 0 aliphatic rings. The predicted octanol–water partition coefficient (Wildman–Crippen LogP) is 4.45. The van der Waals surface area contributed by atoms with Gasteiger partial charge in [-0.05, 0) is 61.9 Å². The predicted molar refractivity (Wildman–Crippen MR) is 110 cm³/mol. The highest BCUT2D eigenvalue weighted by Gasteiger charge is 2.16. The number of carbonyl (C=O) groups excluding carboxylic acids is 1. The number of aromatic nitrogens is 2.